The lowest BCUT2D eigenvalue weighted by Gasteiger charge is -2.15. The Balaban J connectivity index is 2.34. The molecule has 2 heterocycles. The summed E-state index contributed by atoms with van der Waals surface area (Å²) < 4.78 is 5.09. The van der Waals surface area contributed by atoms with E-state index in [-0.39, 0.29) is 17.3 Å². The number of nitrogens with one attached hydrogen (secondary N) is 2. The van der Waals surface area contributed by atoms with Gasteiger partial charge in [0, 0.05) is 6.07 Å². The molecular weight excluding hydrogens is 326 g/mol. The van der Waals surface area contributed by atoms with E-state index in [1.165, 1.54) is 25.7 Å². The van der Waals surface area contributed by atoms with Gasteiger partial charge in [-0.2, -0.15) is 0 Å². The van der Waals surface area contributed by atoms with Crippen molar-refractivity contribution in [3.8, 4) is 5.75 Å². The first-order chi connectivity index (χ1) is 11.9. The van der Waals surface area contributed by atoms with E-state index in [0.717, 1.165) is 0 Å². The molecule has 0 radical (unpaired) electrons. The number of anilines is 3. The van der Waals surface area contributed by atoms with Crippen LogP contribution in [-0.4, -0.2) is 39.9 Å². The highest BCUT2D eigenvalue weighted by atomic mass is 16.5. The Kier molecular flexibility index (Phi) is 5.66. The van der Waals surface area contributed by atoms with Gasteiger partial charge >= 0.3 is 0 Å². The molecule has 1 atom stereocenters. The van der Waals surface area contributed by atoms with Gasteiger partial charge in [0.15, 0.2) is 11.5 Å². The van der Waals surface area contributed by atoms with Crippen LogP contribution in [0.4, 0.5) is 17.3 Å². The molecule has 0 aromatic carbocycles. The monoisotopic (exact) mass is 345 g/mol. The van der Waals surface area contributed by atoms with E-state index in [1.807, 2.05) is 0 Å². The average molecular weight is 345 g/mol. The minimum atomic E-state index is -0.751. The molecule has 6 N–H and O–H groups in total. The van der Waals surface area contributed by atoms with Crippen LogP contribution in [0.5, 0.6) is 5.75 Å². The number of primary amides is 2. The summed E-state index contributed by atoms with van der Waals surface area (Å²) in [5.74, 6) is -0.359. The van der Waals surface area contributed by atoms with Crippen LogP contribution in [0.15, 0.2) is 24.7 Å². The summed E-state index contributed by atoms with van der Waals surface area (Å²) in [5.41, 5.74) is 11.1. The van der Waals surface area contributed by atoms with Gasteiger partial charge in [-0.05, 0) is 6.42 Å². The van der Waals surface area contributed by atoms with E-state index in [4.69, 9.17) is 16.2 Å². The molecule has 2 amide bonds. The van der Waals surface area contributed by atoms with Gasteiger partial charge in [-0.3, -0.25) is 14.6 Å². The zero-order chi connectivity index (χ0) is 18.4. The van der Waals surface area contributed by atoms with Gasteiger partial charge < -0.3 is 26.8 Å². The van der Waals surface area contributed by atoms with Crippen LogP contribution in [-0.2, 0) is 4.79 Å². The molecule has 0 bridgehead atoms. The molecule has 132 valence electrons. The Morgan fingerprint density at radius 1 is 1.28 bits per heavy atom. The van der Waals surface area contributed by atoms with Crippen LogP contribution in [0.25, 0.3) is 0 Å². The average Bonchev–Trinajstić information content (AvgIpc) is 2.59. The van der Waals surface area contributed by atoms with Crippen molar-refractivity contribution >= 4 is 29.1 Å². The summed E-state index contributed by atoms with van der Waals surface area (Å²) in [6.45, 7) is 1.80. The first kappa shape index (κ1) is 17.9. The minimum Gasteiger partial charge on any atom is -0.495 e. The largest absolute Gasteiger partial charge is 0.495 e. The number of hydrogen-bond acceptors (Lipinski definition) is 8. The Morgan fingerprint density at radius 2 is 2.04 bits per heavy atom. The van der Waals surface area contributed by atoms with Gasteiger partial charge in [-0.15, -0.1) is 0 Å². The van der Waals surface area contributed by atoms with Gasteiger partial charge in [0.25, 0.3) is 5.91 Å². The second-order valence-electron chi connectivity index (χ2n) is 5.06. The van der Waals surface area contributed by atoms with E-state index >= 15 is 0 Å². The van der Waals surface area contributed by atoms with Gasteiger partial charge in [0.1, 0.15) is 17.6 Å². The van der Waals surface area contributed by atoms with Crippen LogP contribution in [0.1, 0.15) is 23.8 Å². The summed E-state index contributed by atoms with van der Waals surface area (Å²) in [5, 5.41) is 5.78. The first-order valence-electron chi connectivity index (χ1n) is 7.43. The Hall–Kier alpha value is -3.43. The van der Waals surface area contributed by atoms with E-state index < -0.39 is 17.9 Å². The predicted octanol–water partition coefficient (Wildman–Crippen LogP) is 0.398. The number of ether oxygens (including phenoxy) is 1. The standard InChI is InChI=1S/C15H19N7O3/c1-3-10(13(16)23)21-11-7-19-12(14(17)24)15(22-11)20-8-4-9(25-2)6-18-5-8/h4-7,10H,3H2,1-2H3,(H2,16,23)(H2,17,24)(H2,20,21,22). The molecular formula is C15H19N7O3. The smallest absolute Gasteiger partial charge is 0.271 e. The van der Waals surface area contributed by atoms with Crippen LogP contribution in [0.2, 0.25) is 0 Å². The SMILES string of the molecule is CCC(Nc1cnc(C(N)=O)c(Nc2cncc(OC)c2)n1)C(N)=O. The Bertz CT molecular complexity index is 781. The second kappa shape index (κ2) is 7.90. The number of rotatable bonds is 8. The Morgan fingerprint density at radius 3 is 2.64 bits per heavy atom. The van der Waals surface area contributed by atoms with Crippen molar-refractivity contribution in [3.63, 3.8) is 0 Å². The highest BCUT2D eigenvalue weighted by Gasteiger charge is 2.17. The van der Waals surface area contributed by atoms with Gasteiger partial charge in [0.2, 0.25) is 5.91 Å². The molecule has 2 rings (SSSR count). The third kappa shape index (κ3) is 4.53. The molecule has 0 fully saturated rings. The molecule has 25 heavy (non-hydrogen) atoms. The maximum Gasteiger partial charge on any atom is 0.271 e. The van der Waals surface area contributed by atoms with Crippen molar-refractivity contribution in [1.29, 1.82) is 0 Å². The number of carbonyl (C=O) groups excluding carboxylic acids is 2. The van der Waals surface area contributed by atoms with Crippen LogP contribution >= 0.6 is 0 Å². The molecule has 0 aliphatic rings. The van der Waals surface area contributed by atoms with E-state index in [9.17, 15) is 9.59 Å². The summed E-state index contributed by atoms with van der Waals surface area (Å²) in [7, 11) is 1.51. The molecule has 0 spiro atoms. The zero-order valence-electron chi connectivity index (χ0n) is 13.8. The zero-order valence-corrected chi connectivity index (χ0v) is 13.8. The van der Waals surface area contributed by atoms with Crippen LogP contribution in [0.3, 0.4) is 0 Å². The van der Waals surface area contributed by atoms with Gasteiger partial charge in [-0.1, -0.05) is 6.92 Å². The maximum atomic E-state index is 11.6. The van der Waals surface area contributed by atoms with Crippen molar-refractivity contribution in [2.75, 3.05) is 17.7 Å². The fourth-order valence-corrected chi connectivity index (χ4v) is 2.01. The molecule has 10 nitrogen and oxygen atoms in total. The molecule has 0 aliphatic heterocycles. The minimum absolute atomic E-state index is 0.0551. The van der Waals surface area contributed by atoms with Gasteiger partial charge in [-0.25, -0.2) is 9.97 Å². The number of methoxy groups -OCH3 is 1. The van der Waals surface area contributed by atoms with Crippen molar-refractivity contribution < 1.29 is 14.3 Å². The highest BCUT2D eigenvalue weighted by molar-refractivity contribution is 5.96. The summed E-state index contributed by atoms with van der Waals surface area (Å²) in [6, 6.07) is 1.05. The third-order valence-corrected chi connectivity index (χ3v) is 3.29. The second-order valence-corrected chi connectivity index (χ2v) is 5.06. The summed E-state index contributed by atoms with van der Waals surface area (Å²) in [4.78, 5) is 35.2. The maximum absolute atomic E-state index is 11.6. The van der Waals surface area contributed by atoms with E-state index in [2.05, 4.69) is 25.6 Å². The number of amides is 2. The molecule has 0 saturated carbocycles. The normalized spacial score (nSPS) is 11.4. The lowest BCUT2D eigenvalue weighted by molar-refractivity contribution is -0.118. The highest BCUT2D eigenvalue weighted by Crippen LogP contribution is 2.22. The molecule has 0 aliphatic carbocycles. The predicted molar refractivity (Wildman–Crippen MR) is 91.5 cm³/mol. The molecule has 10 heteroatoms. The number of nitrogens with two attached hydrogens (primary N) is 2. The molecule has 1 unspecified atom stereocenters. The van der Waals surface area contributed by atoms with Crippen LogP contribution < -0.4 is 26.8 Å². The fourth-order valence-electron chi connectivity index (χ4n) is 2.01. The Labute approximate surface area is 144 Å². The summed E-state index contributed by atoms with van der Waals surface area (Å²) in [6.07, 6.45) is 4.83. The fraction of sp³-hybridized carbons (Fsp3) is 0.267. The lowest BCUT2D eigenvalue weighted by atomic mass is 10.2. The quantitative estimate of drug-likeness (QED) is 0.535. The lowest BCUT2D eigenvalue weighted by Crippen LogP contribution is -2.35. The molecule has 0 saturated heterocycles. The van der Waals surface area contributed by atoms with Crippen molar-refractivity contribution in [3.05, 3.63) is 30.4 Å². The molecule has 2 aromatic heterocycles. The van der Waals surface area contributed by atoms with Gasteiger partial charge in [0.05, 0.1) is 31.4 Å². The van der Waals surface area contributed by atoms with Crippen molar-refractivity contribution in [2.24, 2.45) is 11.5 Å². The van der Waals surface area contributed by atoms with Crippen molar-refractivity contribution in [2.45, 2.75) is 19.4 Å². The molecule has 2 aromatic rings. The van der Waals surface area contributed by atoms with E-state index in [0.29, 0.717) is 17.9 Å². The summed E-state index contributed by atoms with van der Waals surface area (Å²) >= 11 is 0. The first-order valence-corrected chi connectivity index (χ1v) is 7.43. The number of hydrogen-bond donors (Lipinski definition) is 4. The van der Waals surface area contributed by atoms with E-state index in [1.54, 1.807) is 13.0 Å². The van der Waals surface area contributed by atoms with Crippen molar-refractivity contribution in [1.82, 2.24) is 15.0 Å². The number of pyridine rings is 1. The number of carbonyl (C=O) groups is 2. The number of nitrogens with zero attached hydrogens (tertiary/aromatic N) is 3. The number of aromatic nitrogens is 3. The topological polar surface area (TPSA) is 158 Å². The third-order valence-electron chi connectivity index (χ3n) is 3.29. The van der Waals surface area contributed by atoms with Crippen LogP contribution in [0, 0.1) is 0 Å².